The van der Waals surface area contributed by atoms with Gasteiger partial charge in [0.25, 0.3) is 0 Å². The fourth-order valence-corrected chi connectivity index (χ4v) is 1.06. The van der Waals surface area contributed by atoms with Gasteiger partial charge in [0.1, 0.15) is 0 Å². The first-order valence-corrected chi connectivity index (χ1v) is 3.55. The van der Waals surface area contributed by atoms with Crippen LogP contribution in [0.15, 0.2) is 23.9 Å². The summed E-state index contributed by atoms with van der Waals surface area (Å²) in [6, 6.07) is 0. The Bertz CT molecular complexity index is 159. The van der Waals surface area contributed by atoms with E-state index in [0.717, 1.165) is 13.1 Å². The molecule has 0 aromatic rings. The Balaban J connectivity index is 2.49. The third kappa shape index (κ3) is 1.88. The largest absolute Gasteiger partial charge is 0.376 e. The van der Waals surface area contributed by atoms with Crippen LogP contribution in [0.5, 0.6) is 0 Å². The van der Waals surface area contributed by atoms with Crippen molar-refractivity contribution in [1.29, 1.82) is 0 Å². The van der Waals surface area contributed by atoms with Crippen LogP contribution in [0, 0.1) is 0 Å². The molecule has 10 heavy (non-hydrogen) atoms. The summed E-state index contributed by atoms with van der Waals surface area (Å²) in [7, 11) is 4.04. The van der Waals surface area contributed by atoms with E-state index in [2.05, 4.69) is 35.6 Å². The second-order valence-corrected chi connectivity index (χ2v) is 2.58. The van der Waals surface area contributed by atoms with Crippen molar-refractivity contribution in [3.63, 3.8) is 0 Å². The van der Waals surface area contributed by atoms with Crippen LogP contribution >= 0.6 is 0 Å². The predicted molar refractivity (Wildman–Crippen MR) is 43.8 cm³/mol. The molecule has 0 aliphatic carbocycles. The van der Waals surface area contributed by atoms with E-state index in [9.17, 15) is 0 Å². The van der Waals surface area contributed by atoms with E-state index in [-0.39, 0.29) is 0 Å². The summed E-state index contributed by atoms with van der Waals surface area (Å²) >= 11 is 0. The van der Waals surface area contributed by atoms with Crippen molar-refractivity contribution in [1.82, 2.24) is 10.2 Å². The number of nitrogens with zero attached hydrogens (tertiary/aromatic N) is 1. The van der Waals surface area contributed by atoms with Gasteiger partial charge in [0, 0.05) is 26.3 Å². The van der Waals surface area contributed by atoms with E-state index < -0.39 is 0 Å². The SMILES string of the molecule is CNCC1=CN(C)CC=C1. The second-order valence-electron chi connectivity index (χ2n) is 2.58. The third-order valence-corrected chi connectivity index (χ3v) is 1.49. The number of rotatable bonds is 2. The number of likely N-dealkylation sites (N-methyl/N-ethyl adjacent to an activating group) is 2. The molecule has 1 aliphatic heterocycles. The minimum absolute atomic E-state index is 0.959. The van der Waals surface area contributed by atoms with Crippen molar-refractivity contribution in [2.24, 2.45) is 0 Å². The van der Waals surface area contributed by atoms with Gasteiger partial charge in [0.15, 0.2) is 0 Å². The Morgan fingerprint density at radius 2 is 2.50 bits per heavy atom. The molecule has 0 spiro atoms. The number of hydrogen-bond acceptors (Lipinski definition) is 2. The monoisotopic (exact) mass is 138 g/mol. The zero-order chi connectivity index (χ0) is 7.40. The molecule has 0 atom stereocenters. The smallest absolute Gasteiger partial charge is 0.0354 e. The first-order chi connectivity index (χ1) is 4.83. The molecule has 0 aromatic carbocycles. The average molecular weight is 138 g/mol. The van der Waals surface area contributed by atoms with Gasteiger partial charge in [0.2, 0.25) is 0 Å². The van der Waals surface area contributed by atoms with Gasteiger partial charge in [-0.05, 0) is 12.6 Å². The summed E-state index contributed by atoms with van der Waals surface area (Å²) in [5, 5.41) is 3.11. The lowest BCUT2D eigenvalue weighted by molar-refractivity contribution is 0.498. The Morgan fingerprint density at radius 1 is 1.70 bits per heavy atom. The van der Waals surface area contributed by atoms with Gasteiger partial charge in [-0.2, -0.15) is 0 Å². The lowest BCUT2D eigenvalue weighted by Crippen LogP contribution is -2.18. The van der Waals surface area contributed by atoms with E-state index in [1.54, 1.807) is 0 Å². The molecule has 0 fully saturated rings. The minimum atomic E-state index is 0.959. The molecular weight excluding hydrogens is 124 g/mol. The lowest BCUT2D eigenvalue weighted by atomic mass is 10.2. The minimum Gasteiger partial charge on any atom is -0.376 e. The van der Waals surface area contributed by atoms with Gasteiger partial charge < -0.3 is 10.2 Å². The second kappa shape index (κ2) is 3.42. The molecule has 0 radical (unpaired) electrons. The molecule has 1 N–H and O–H groups in total. The average Bonchev–Trinajstić information content (AvgIpc) is 1.88. The van der Waals surface area contributed by atoms with Gasteiger partial charge in [-0.25, -0.2) is 0 Å². The Hall–Kier alpha value is -0.760. The quantitative estimate of drug-likeness (QED) is 0.601. The summed E-state index contributed by atoms with van der Waals surface area (Å²) in [6.45, 7) is 1.99. The fraction of sp³-hybridized carbons (Fsp3) is 0.500. The number of nitrogens with one attached hydrogen (secondary N) is 1. The van der Waals surface area contributed by atoms with Crippen LogP contribution in [0.3, 0.4) is 0 Å². The maximum absolute atomic E-state index is 3.11. The van der Waals surface area contributed by atoms with Gasteiger partial charge in [-0.3, -0.25) is 0 Å². The van der Waals surface area contributed by atoms with Crippen LogP contribution in [-0.4, -0.2) is 32.1 Å². The zero-order valence-corrected chi connectivity index (χ0v) is 6.59. The van der Waals surface area contributed by atoms with Gasteiger partial charge >= 0.3 is 0 Å². The maximum atomic E-state index is 3.11. The van der Waals surface area contributed by atoms with Gasteiger partial charge in [0.05, 0.1) is 0 Å². The predicted octanol–water partition coefficient (Wildman–Crippen LogP) is 0.591. The zero-order valence-electron chi connectivity index (χ0n) is 6.59. The van der Waals surface area contributed by atoms with Crippen LogP contribution in [0.2, 0.25) is 0 Å². The van der Waals surface area contributed by atoms with Crippen LogP contribution < -0.4 is 5.32 Å². The topological polar surface area (TPSA) is 15.3 Å². The molecule has 0 saturated carbocycles. The summed E-state index contributed by atoms with van der Waals surface area (Å²) in [5.74, 6) is 0. The Labute approximate surface area is 62.2 Å². The molecule has 0 unspecified atom stereocenters. The molecule has 1 heterocycles. The van der Waals surface area contributed by atoms with E-state index >= 15 is 0 Å². The van der Waals surface area contributed by atoms with Crippen molar-refractivity contribution in [3.8, 4) is 0 Å². The summed E-state index contributed by atoms with van der Waals surface area (Å²) < 4.78 is 0. The first kappa shape index (κ1) is 7.35. The molecule has 1 rings (SSSR count). The highest BCUT2D eigenvalue weighted by atomic mass is 15.1. The Morgan fingerprint density at radius 3 is 3.10 bits per heavy atom. The van der Waals surface area contributed by atoms with Gasteiger partial charge in [-0.15, -0.1) is 0 Å². The van der Waals surface area contributed by atoms with Crippen molar-refractivity contribution in [2.45, 2.75) is 0 Å². The van der Waals surface area contributed by atoms with E-state index in [1.807, 2.05) is 7.05 Å². The standard InChI is InChI=1S/C8H14N2/c1-9-6-8-4-3-5-10(2)7-8/h3-4,7,9H,5-6H2,1-2H3. The molecule has 2 heteroatoms. The summed E-state index contributed by atoms with van der Waals surface area (Å²) in [5.41, 5.74) is 1.34. The molecule has 0 aromatic heterocycles. The molecule has 56 valence electrons. The van der Waals surface area contributed by atoms with E-state index in [4.69, 9.17) is 0 Å². The van der Waals surface area contributed by atoms with Crippen molar-refractivity contribution < 1.29 is 0 Å². The van der Waals surface area contributed by atoms with Crippen LogP contribution in [-0.2, 0) is 0 Å². The highest BCUT2D eigenvalue weighted by molar-refractivity contribution is 5.23. The molecule has 0 bridgehead atoms. The van der Waals surface area contributed by atoms with Gasteiger partial charge in [-0.1, -0.05) is 12.2 Å². The molecule has 1 aliphatic rings. The van der Waals surface area contributed by atoms with E-state index in [1.165, 1.54) is 5.57 Å². The molecule has 0 saturated heterocycles. The molecule has 2 nitrogen and oxygen atoms in total. The van der Waals surface area contributed by atoms with Crippen LogP contribution in [0.25, 0.3) is 0 Å². The summed E-state index contributed by atoms with van der Waals surface area (Å²) in [4.78, 5) is 2.17. The van der Waals surface area contributed by atoms with Crippen molar-refractivity contribution >= 4 is 0 Å². The number of hydrogen-bond donors (Lipinski definition) is 1. The highest BCUT2D eigenvalue weighted by Gasteiger charge is 1.97. The normalized spacial score (nSPS) is 17.4. The third-order valence-electron chi connectivity index (χ3n) is 1.49. The van der Waals surface area contributed by atoms with E-state index in [0.29, 0.717) is 0 Å². The van der Waals surface area contributed by atoms with Crippen molar-refractivity contribution in [2.75, 3.05) is 27.2 Å². The lowest BCUT2D eigenvalue weighted by Gasteiger charge is -2.17. The van der Waals surface area contributed by atoms with Crippen LogP contribution in [0.1, 0.15) is 0 Å². The summed E-state index contributed by atoms with van der Waals surface area (Å²) in [6.07, 6.45) is 6.50. The molecule has 0 amide bonds. The maximum Gasteiger partial charge on any atom is 0.0354 e. The fourth-order valence-electron chi connectivity index (χ4n) is 1.06. The Kier molecular flexibility index (Phi) is 2.51. The molecular formula is C8H14N2. The van der Waals surface area contributed by atoms with Crippen LogP contribution in [0.4, 0.5) is 0 Å². The first-order valence-electron chi connectivity index (χ1n) is 3.55. The highest BCUT2D eigenvalue weighted by Crippen LogP contribution is 2.03. The van der Waals surface area contributed by atoms with Crippen molar-refractivity contribution in [3.05, 3.63) is 23.9 Å².